The van der Waals surface area contributed by atoms with E-state index in [4.69, 9.17) is 19.5 Å². The van der Waals surface area contributed by atoms with Gasteiger partial charge in [0.15, 0.2) is 0 Å². The van der Waals surface area contributed by atoms with Gasteiger partial charge in [0.2, 0.25) is 0 Å². The monoisotopic (exact) mass is 351 g/mol. The van der Waals surface area contributed by atoms with Gasteiger partial charge in [0.25, 0.3) is 0 Å². The third-order valence-electron chi connectivity index (χ3n) is 3.61. The summed E-state index contributed by atoms with van der Waals surface area (Å²) in [5.74, 6) is 1.03. The molecule has 2 aromatic carbocycles. The Hall–Kier alpha value is -3.26. The number of carbonyl (C=O) groups is 1. The van der Waals surface area contributed by atoms with Crippen molar-refractivity contribution in [2.75, 3.05) is 13.2 Å². The lowest BCUT2D eigenvalue weighted by Crippen LogP contribution is -2.07. The van der Waals surface area contributed by atoms with Crippen molar-refractivity contribution in [1.29, 1.82) is 5.26 Å². The van der Waals surface area contributed by atoms with Crippen LogP contribution in [0.3, 0.4) is 0 Å². The van der Waals surface area contributed by atoms with Crippen LogP contribution in [0.4, 0.5) is 0 Å². The van der Waals surface area contributed by atoms with Gasteiger partial charge in [-0.05, 0) is 48.9 Å². The highest BCUT2D eigenvalue weighted by Gasteiger charge is 2.08. The van der Waals surface area contributed by atoms with Crippen molar-refractivity contribution in [3.8, 4) is 17.6 Å². The lowest BCUT2D eigenvalue weighted by molar-refractivity contribution is -0.137. The van der Waals surface area contributed by atoms with E-state index in [0.29, 0.717) is 30.9 Å². The van der Waals surface area contributed by atoms with Crippen molar-refractivity contribution in [2.45, 2.75) is 19.4 Å². The Morgan fingerprint density at radius 1 is 1.12 bits per heavy atom. The van der Waals surface area contributed by atoms with Crippen LogP contribution >= 0.6 is 0 Å². The van der Waals surface area contributed by atoms with Crippen molar-refractivity contribution in [3.63, 3.8) is 0 Å². The van der Waals surface area contributed by atoms with Gasteiger partial charge in [0, 0.05) is 12.5 Å². The number of nitrogens with zero attached hydrogens (tertiary/aromatic N) is 1. The number of hydrogen-bond acceptors (Lipinski definition) is 5. The summed E-state index contributed by atoms with van der Waals surface area (Å²) in [6.07, 6.45) is 1.62. The van der Waals surface area contributed by atoms with E-state index in [1.54, 1.807) is 24.3 Å². The number of hydrogen-bond donors (Lipinski definition) is 0. The topological polar surface area (TPSA) is 68.6 Å². The van der Waals surface area contributed by atoms with Crippen LogP contribution in [0.25, 0.3) is 0 Å². The fraction of sp³-hybridized carbons (Fsp3) is 0.238. The average Bonchev–Trinajstić information content (AvgIpc) is 2.68. The predicted octanol–water partition coefficient (Wildman–Crippen LogP) is 4.20. The highest BCUT2D eigenvalue weighted by Crippen LogP contribution is 2.23. The average molecular weight is 351 g/mol. The molecule has 2 aromatic rings. The normalized spacial score (nSPS) is 11.1. The first-order valence-electron chi connectivity index (χ1n) is 8.31. The first-order valence-corrected chi connectivity index (χ1v) is 8.31. The number of nitriles is 1. The standard InChI is InChI=1S/C21H21NO4/c1-3-21(23)25-14-4-13-24-19-11-7-18(8-12-19)16(2)26-20-9-5-17(15-22)6-10-20/h3,5-12,16H,1,4,13-14H2,2H3. The van der Waals surface area contributed by atoms with Gasteiger partial charge in [-0.15, -0.1) is 0 Å². The zero-order chi connectivity index (χ0) is 18.8. The smallest absolute Gasteiger partial charge is 0.330 e. The second kappa shape index (κ2) is 9.90. The van der Waals surface area contributed by atoms with Gasteiger partial charge in [-0.1, -0.05) is 18.7 Å². The van der Waals surface area contributed by atoms with Crippen LogP contribution in [-0.2, 0) is 9.53 Å². The van der Waals surface area contributed by atoms with Crippen molar-refractivity contribution in [3.05, 3.63) is 72.3 Å². The molecule has 0 saturated carbocycles. The van der Waals surface area contributed by atoms with Crippen LogP contribution in [0, 0.1) is 11.3 Å². The maximum absolute atomic E-state index is 10.9. The van der Waals surface area contributed by atoms with Gasteiger partial charge in [-0.2, -0.15) is 5.26 Å². The van der Waals surface area contributed by atoms with E-state index in [1.807, 2.05) is 31.2 Å². The van der Waals surface area contributed by atoms with Crippen LogP contribution in [-0.4, -0.2) is 19.2 Å². The molecule has 0 aliphatic carbocycles. The predicted molar refractivity (Wildman–Crippen MR) is 97.9 cm³/mol. The Morgan fingerprint density at radius 3 is 2.38 bits per heavy atom. The third-order valence-corrected chi connectivity index (χ3v) is 3.61. The number of esters is 1. The highest BCUT2D eigenvalue weighted by atomic mass is 16.5. The molecule has 134 valence electrons. The molecule has 0 radical (unpaired) electrons. The SMILES string of the molecule is C=CC(=O)OCCCOc1ccc(C(C)Oc2ccc(C#N)cc2)cc1. The van der Waals surface area contributed by atoms with Gasteiger partial charge >= 0.3 is 5.97 Å². The maximum atomic E-state index is 10.9. The third kappa shape index (κ3) is 5.99. The van der Waals surface area contributed by atoms with Gasteiger partial charge < -0.3 is 14.2 Å². The molecule has 0 aromatic heterocycles. The first kappa shape index (κ1) is 19.1. The Bertz CT molecular complexity index is 760. The molecule has 5 nitrogen and oxygen atoms in total. The number of rotatable bonds is 9. The summed E-state index contributed by atoms with van der Waals surface area (Å²) in [6, 6.07) is 16.8. The zero-order valence-corrected chi connectivity index (χ0v) is 14.7. The zero-order valence-electron chi connectivity index (χ0n) is 14.7. The fourth-order valence-electron chi connectivity index (χ4n) is 2.20. The molecule has 0 bridgehead atoms. The van der Waals surface area contributed by atoms with E-state index in [2.05, 4.69) is 12.6 Å². The van der Waals surface area contributed by atoms with Crippen LogP contribution in [0.15, 0.2) is 61.2 Å². The molecule has 26 heavy (non-hydrogen) atoms. The second-order valence-electron chi connectivity index (χ2n) is 5.54. The van der Waals surface area contributed by atoms with E-state index in [-0.39, 0.29) is 6.10 Å². The maximum Gasteiger partial charge on any atom is 0.330 e. The van der Waals surface area contributed by atoms with Gasteiger partial charge in [0.1, 0.15) is 17.6 Å². The Balaban J connectivity index is 1.79. The largest absolute Gasteiger partial charge is 0.493 e. The van der Waals surface area contributed by atoms with E-state index < -0.39 is 5.97 Å². The summed E-state index contributed by atoms with van der Waals surface area (Å²) in [6.45, 7) is 6.06. The fourth-order valence-corrected chi connectivity index (χ4v) is 2.20. The molecule has 1 atom stereocenters. The molecule has 0 heterocycles. The van der Waals surface area contributed by atoms with E-state index in [0.717, 1.165) is 17.4 Å². The number of benzene rings is 2. The number of ether oxygens (including phenoxy) is 3. The molecule has 0 fully saturated rings. The van der Waals surface area contributed by atoms with Crippen LogP contribution in [0.2, 0.25) is 0 Å². The van der Waals surface area contributed by atoms with Crippen LogP contribution in [0.1, 0.15) is 30.6 Å². The molecule has 2 rings (SSSR count). The Kier molecular flexibility index (Phi) is 7.26. The molecular formula is C21H21NO4. The minimum Gasteiger partial charge on any atom is -0.493 e. The summed E-state index contributed by atoms with van der Waals surface area (Å²) < 4.78 is 16.4. The molecule has 0 amide bonds. The molecule has 5 heteroatoms. The second-order valence-corrected chi connectivity index (χ2v) is 5.54. The molecule has 0 saturated heterocycles. The van der Waals surface area contributed by atoms with E-state index in [1.165, 1.54) is 0 Å². The number of carbonyl (C=O) groups excluding carboxylic acids is 1. The summed E-state index contributed by atoms with van der Waals surface area (Å²) in [7, 11) is 0. The van der Waals surface area contributed by atoms with Gasteiger partial charge in [-0.3, -0.25) is 0 Å². The summed E-state index contributed by atoms with van der Waals surface area (Å²) in [5, 5.41) is 8.81. The quantitative estimate of drug-likeness (QED) is 0.385. The van der Waals surface area contributed by atoms with Crippen LogP contribution < -0.4 is 9.47 Å². The molecule has 1 unspecified atom stereocenters. The van der Waals surface area contributed by atoms with Crippen molar-refractivity contribution in [1.82, 2.24) is 0 Å². The molecule has 0 spiro atoms. The van der Waals surface area contributed by atoms with Gasteiger partial charge in [-0.25, -0.2) is 4.79 Å². The van der Waals surface area contributed by atoms with Crippen LogP contribution in [0.5, 0.6) is 11.5 Å². The minimum atomic E-state index is -0.425. The minimum absolute atomic E-state index is 0.129. The lowest BCUT2D eigenvalue weighted by atomic mass is 10.1. The molecular weight excluding hydrogens is 330 g/mol. The van der Waals surface area contributed by atoms with E-state index >= 15 is 0 Å². The lowest BCUT2D eigenvalue weighted by Gasteiger charge is -2.15. The molecule has 0 N–H and O–H groups in total. The van der Waals surface area contributed by atoms with E-state index in [9.17, 15) is 4.79 Å². The molecule has 0 aliphatic rings. The van der Waals surface area contributed by atoms with Crippen molar-refractivity contribution >= 4 is 5.97 Å². The Labute approximate surface area is 153 Å². The highest BCUT2D eigenvalue weighted by molar-refractivity contribution is 5.81. The Morgan fingerprint density at radius 2 is 1.77 bits per heavy atom. The van der Waals surface area contributed by atoms with Crippen molar-refractivity contribution < 1.29 is 19.0 Å². The van der Waals surface area contributed by atoms with Gasteiger partial charge in [0.05, 0.1) is 24.8 Å². The first-order chi connectivity index (χ1) is 12.6. The summed E-state index contributed by atoms with van der Waals surface area (Å²) in [5.41, 5.74) is 1.62. The van der Waals surface area contributed by atoms with Crippen molar-refractivity contribution in [2.24, 2.45) is 0 Å². The summed E-state index contributed by atoms with van der Waals surface area (Å²) >= 11 is 0. The molecule has 0 aliphatic heterocycles. The summed E-state index contributed by atoms with van der Waals surface area (Å²) in [4.78, 5) is 10.9.